The van der Waals surface area contributed by atoms with Gasteiger partial charge in [-0.15, -0.1) is 0 Å². The highest BCUT2D eigenvalue weighted by Gasteiger charge is 2.16. The molecule has 0 bridgehead atoms. The van der Waals surface area contributed by atoms with Crippen molar-refractivity contribution in [2.24, 2.45) is 0 Å². The first-order valence-corrected chi connectivity index (χ1v) is 8.42. The number of anilines is 3. The van der Waals surface area contributed by atoms with E-state index in [1.54, 1.807) is 7.11 Å². The average Bonchev–Trinajstić information content (AvgIpc) is 2.64. The first kappa shape index (κ1) is 19.2. The van der Waals surface area contributed by atoms with Gasteiger partial charge < -0.3 is 19.9 Å². The molecule has 0 saturated heterocycles. The van der Waals surface area contributed by atoms with Crippen molar-refractivity contribution >= 4 is 22.6 Å². The lowest BCUT2D eigenvalue weighted by Crippen LogP contribution is -2.15. The average molecular weight is 350 g/mol. The number of nitrogens with zero attached hydrogens (tertiary/aromatic N) is 3. The highest BCUT2D eigenvalue weighted by molar-refractivity contribution is 5.81. The minimum absolute atomic E-state index is 0.311. The number of hydrogen-bond acceptors (Lipinski definition) is 5. The second-order valence-electron chi connectivity index (χ2n) is 6.35. The van der Waals surface area contributed by atoms with Crippen LogP contribution in [0.15, 0.2) is 48.7 Å². The molecule has 0 amide bonds. The molecule has 1 N–H and O–H groups in total. The zero-order valence-electron chi connectivity index (χ0n) is 16.1. The van der Waals surface area contributed by atoms with Crippen LogP contribution in [0, 0.1) is 11.3 Å². The molecule has 0 atom stereocenters. The van der Waals surface area contributed by atoms with Crippen molar-refractivity contribution in [2.75, 3.05) is 50.4 Å². The van der Waals surface area contributed by atoms with Crippen LogP contribution in [0.3, 0.4) is 0 Å². The third-order valence-electron chi connectivity index (χ3n) is 4.04. The lowest BCUT2D eigenvalue weighted by Gasteiger charge is -2.24. The molecule has 0 aliphatic heterocycles. The van der Waals surface area contributed by atoms with Crippen LogP contribution >= 0.6 is 0 Å². The number of methoxy groups -OCH3 is 1. The first-order valence-electron chi connectivity index (χ1n) is 8.42. The molecular formula is C21H26N4O. The van der Waals surface area contributed by atoms with Crippen LogP contribution in [0.5, 0.6) is 5.75 Å². The first-order chi connectivity index (χ1) is 12.5. The molecule has 5 nitrogen and oxygen atoms in total. The van der Waals surface area contributed by atoms with Gasteiger partial charge in [-0.05, 0) is 35.4 Å². The predicted molar refractivity (Wildman–Crippen MR) is 110 cm³/mol. The molecule has 0 aromatic heterocycles. The Bertz CT molecular complexity index is 776. The summed E-state index contributed by atoms with van der Waals surface area (Å²) in [5, 5.41) is 12.6. The topological polar surface area (TPSA) is 51.5 Å². The molecule has 0 unspecified atom stereocenters. The van der Waals surface area contributed by atoms with Crippen molar-refractivity contribution in [3.05, 3.63) is 54.2 Å². The SMILES string of the molecule is COc1c(N(C)C)cc(C(=CNc2ccccc2)CC#N)cc1N(C)C. The van der Waals surface area contributed by atoms with E-state index in [2.05, 4.69) is 23.5 Å². The number of allylic oxidation sites excluding steroid dienone is 1. The van der Waals surface area contributed by atoms with Crippen molar-refractivity contribution in [3.8, 4) is 11.8 Å². The second kappa shape index (κ2) is 8.82. The molecule has 0 saturated carbocycles. The number of nitrogens with one attached hydrogen (secondary N) is 1. The van der Waals surface area contributed by atoms with Crippen LogP contribution < -0.4 is 19.9 Å². The van der Waals surface area contributed by atoms with Gasteiger partial charge in [0.1, 0.15) is 0 Å². The van der Waals surface area contributed by atoms with Crippen LogP contribution in [0.4, 0.5) is 17.1 Å². The van der Waals surface area contributed by atoms with Crippen molar-refractivity contribution in [1.82, 2.24) is 0 Å². The Hall–Kier alpha value is -3.13. The summed E-state index contributed by atoms with van der Waals surface area (Å²) >= 11 is 0. The Morgan fingerprint density at radius 1 is 1.08 bits per heavy atom. The normalized spacial score (nSPS) is 10.8. The Kier molecular flexibility index (Phi) is 6.51. The third-order valence-corrected chi connectivity index (χ3v) is 4.04. The molecule has 0 heterocycles. The van der Waals surface area contributed by atoms with Crippen molar-refractivity contribution in [2.45, 2.75) is 6.42 Å². The molecule has 0 aliphatic rings. The molecule has 0 fully saturated rings. The minimum Gasteiger partial charge on any atom is -0.492 e. The fourth-order valence-electron chi connectivity index (χ4n) is 2.68. The summed E-state index contributed by atoms with van der Waals surface area (Å²) < 4.78 is 5.64. The zero-order chi connectivity index (χ0) is 19.1. The van der Waals surface area contributed by atoms with Gasteiger partial charge in [-0.25, -0.2) is 0 Å². The minimum atomic E-state index is 0.311. The summed E-state index contributed by atoms with van der Waals surface area (Å²) in [4.78, 5) is 4.04. The van der Waals surface area contributed by atoms with Crippen LogP contribution in [-0.4, -0.2) is 35.3 Å². The maximum atomic E-state index is 9.29. The molecule has 2 rings (SSSR count). The Balaban J connectivity index is 2.52. The van der Waals surface area contributed by atoms with Gasteiger partial charge in [0.25, 0.3) is 0 Å². The summed E-state index contributed by atoms with van der Waals surface area (Å²) in [6, 6.07) is 16.3. The van der Waals surface area contributed by atoms with E-state index in [-0.39, 0.29) is 0 Å². The lowest BCUT2D eigenvalue weighted by molar-refractivity contribution is 0.416. The predicted octanol–water partition coefficient (Wildman–Crippen LogP) is 4.19. The van der Waals surface area contributed by atoms with Crippen LogP contribution in [0.2, 0.25) is 0 Å². The summed E-state index contributed by atoms with van der Waals surface area (Å²) in [7, 11) is 9.61. The van der Waals surface area contributed by atoms with E-state index >= 15 is 0 Å². The Morgan fingerprint density at radius 3 is 2.12 bits per heavy atom. The van der Waals surface area contributed by atoms with Gasteiger partial charge in [-0.1, -0.05) is 18.2 Å². The number of benzene rings is 2. The zero-order valence-corrected chi connectivity index (χ0v) is 16.1. The van der Waals surface area contributed by atoms with Crippen molar-refractivity contribution in [3.63, 3.8) is 0 Å². The number of ether oxygens (including phenoxy) is 1. The van der Waals surface area contributed by atoms with Gasteiger partial charge >= 0.3 is 0 Å². The summed E-state index contributed by atoms with van der Waals surface area (Å²) in [6.07, 6.45) is 2.21. The summed E-state index contributed by atoms with van der Waals surface area (Å²) in [5.74, 6) is 0.816. The molecule has 136 valence electrons. The van der Waals surface area contributed by atoms with E-state index in [1.165, 1.54) is 0 Å². The molecule has 0 spiro atoms. The van der Waals surface area contributed by atoms with Gasteiger partial charge in [0.15, 0.2) is 5.75 Å². The van der Waals surface area contributed by atoms with Crippen molar-refractivity contribution < 1.29 is 4.74 Å². The fraction of sp³-hybridized carbons (Fsp3) is 0.286. The number of hydrogen-bond donors (Lipinski definition) is 1. The van der Waals surface area contributed by atoms with Crippen LogP contribution in [0.1, 0.15) is 12.0 Å². The van der Waals surface area contributed by atoms with Gasteiger partial charge in [0, 0.05) is 40.1 Å². The summed E-state index contributed by atoms with van der Waals surface area (Å²) in [5.41, 5.74) is 4.83. The monoisotopic (exact) mass is 350 g/mol. The van der Waals surface area contributed by atoms with Gasteiger partial charge in [0.05, 0.1) is 31.0 Å². The Labute approximate surface area is 156 Å². The quantitative estimate of drug-likeness (QED) is 0.811. The highest BCUT2D eigenvalue weighted by Crippen LogP contribution is 2.40. The molecule has 0 radical (unpaired) electrons. The van der Waals surface area contributed by atoms with Crippen LogP contribution in [0.25, 0.3) is 5.57 Å². The summed E-state index contributed by atoms with van der Waals surface area (Å²) in [6.45, 7) is 0. The smallest absolute Gasteiger partial charge is 0.165 e. The van der Waals surface area contributed by atoms with Crippen LogP contribution in [-0.2, 0) is 0 Å². The standard InChI is InChI=1S/C21H26N4O/c1-24(2)19-13-17(14-20(25(3)4)21(19)26-5)16(11-12-22)15-23-18-9-7-6-8-10-18/h6-10,13-15,23H,11H2,1-5H3. The molecule has 5 heteroatoms. The number of rotatable bonds is 7. The molecule has 26 heavy (non-hydrogen) atoms. The van der Waals surface area contributed by atoms with E-state index in [9.17, 15) is 5.26 Å². The van der Waals surface area contributed by atoms with E-state index in [1.807, 2.05) is 74.5 Å². The third kappa shape index (κ3) is 4.48. The fourth-order valence-corrected chi connectivity index (χ4v) is 2.68. The molecular weight excluding hydrogens is 324 g/mol. The maximum absolute atomic E-state index is 9.29. The van der Waals surface area contributed by atoms with Gasteiger partial charge in [-0.3, -0.25) is 0 Å². The second-order valence-corrected chi connectivity index (χ2v) is 6.35. The van der Waals surface area contributed by atoms with Crippen molar-refractivity contribution in [1.29, 1.82) is 5.26 Å². The van der Waals surface area contributed by atoms with Gasteiger partial charge in [-0.2, -0.15) is 5.26 Å². The maximum Gasteiger partial charge on any atom is 0.165 e. The number of para-hydroxylation sites is 1. The largest absolute Gasteiger partial charge is 0.492 e. The molecule has 2 aromatic carbocycles. The Morgan fingerprint density at radius 2 is 1.65 bits per heavy atom. The molecule has 2 aromatic rings. The highest BCUT2D eigenvalue weighted by atomic mass is 16.5. The van der Waals surface area contributed by atoms with E-state index in [0.717, 1.165) is 33.9 Å². The number of nitriles is 1. The van der Waals surface area contributed by atoms with E-state index in [0.29, 0.717) is 6.42 Å². The van der Waals surface area contributed by atoms with E-state index in [4.69, 9.17) is 4.74 Å². The van der Waals surface area contributed by atoms with E-state index < -0.39 is 0 Å². The molecule has 0 aliphatic carbocycles. The van der Waals surface area contributed by atoms with Gasteiger partial charge in [0.2, 0.25) is 0 Å². The lowest BCUT2D eigenvalue weighted by atomic mass is 10.0.